The summed E-state index contributed by atoms with van der Waals surface area (Å²) in [7, 11) is 1.62. The van der Waals surface area contributed by atoms with E-state index in [2.05, 4.69) is 36.7 Å². The second kappa shape index (κ2) is 7.48. The normalized spacial score (nSPS) is 14.5. The Hall–Kier alpha value is -0.290. The first-order valence-corrected chi connectivity index (χ1v) is 6.82. The van der Waals surface area contributed by atoms with Crippen LogP contribution >= 0.6 is 28.3 Å². The molecular formula is C14H23BrClNO2. The van der Waals surface area contributed by atoms with Crippen LogP contribution in [-0.2, 0) is 0 Å². The van der Waals surface area contributed by atoms with Gasteiger partial charge in [-0.15, -0.1) is 12.4 Å². The van der Waals surface area contributed by atoms with Crippen molar-refractivity contribution in [1.82, 2.24) is 0 Å². The summed E-state index contributed by atoms with van der Waals surface area (Å²) in [5.74, 6) is 0.756. The largest absolute Gasteiger partial charge is 0.496 e. The number of methoxy groups -OCH3 is 1. The van der Waals surface area contributed by atoms with Gasteiger partial charge in [-0.2, -0.15) is 0 Å². The van der Waals surface area contributed by atoms with Crippen LogP contribution in [-0.4, -0.2) is 18.3 Å². The molecule has 2 atom stereocenters. The molecule has 5 heteroatoms. The quantitative estimate of drug-likeness (QED) is 0.869. The van der Waals surface area contributed by atoms with E-state index in [9.17, 15) is 5.11 Å². The predicted octanol–water partition coefficient (Wildman–Crippen LogP) is 3.68. The van der Waals surface area contributed by atoms with E-state index in [4.69, 9.17) is 10.5 Å². The summed E-state index contributed by atoms with van der Waals surface area (Å²) in [6.07, 6.45) is -0.0103. The van der Waals surface area contributed by atoms with E-state index >= 15 is 0 Å². The lowest BCUT2D eigenvalue weighted by Gasteiger charge is -2.29. The van der Waals surface area contributed by atoms with Gasteiger partial charge in [-0.3, -0.25) is 0 Å². The summed E-state index contributed by atoms with van der Waals surface area (Å²) in [6, 6.07) is 5.53. The van der Waals surface area contributed by atoms with Crippen molar-refractivity contribution in [3.05, 3.63) is 28.2 Å². The minimum absolute atomic E-state index is 0. The maximum absolute atomic E-state index is 10.2. The number of aliphatic hydroxyl groups excluding tert-OH is 1. The summed E-state index contributed by atoms with van der Waals surface area (Å²) >= 11 is 3.41. The lowest BCUT2D eigenvalue weighted by Crippen LogP contribution is -2.36. The maximum atomic E-state index is 10.2. The molecule has 3 nitrogen and oxygen atoms in total. The number of hydrogen-bond acceptors (Lipinski definition) is 3. The maximum Gasteiger partial charge on any atom is 0.133 e. The first kappa shape index (κ1) is 18.7. The molecule has 0 saturated carbocycles. The fraction of sp³-hybridized carbons (Fsp3) is 0.571. The molecule has 0 bridgehead atoms. The molecule has 1 rings (SSSR count). The van der Waals surface area contributed by atoms with Crippen LogP contribution < -0.4 is 10.5 Å². The Balaban J connectivity index is 0.00000324. The third kappa shape index (κ3) is 5.30. The minimum atomic E-state index is -0.554. The van der Waals surface area contributed by atoms with Crippen molar-refractivity contribution in [2.24, 2.45) is 11.1 Å². The molecule has 0 radical (unpaired) electrons. The zero-order valence-corrected chi connectivity index (χ0v) is 14.2. The van der Waals surface area contributed by atoms with Crippen LogP contribution in [0.4, 0.5) is 0 Å². The summed E-state index contributed by atoms with van der Waals surface area (Å²) in [4.78, 5) is 0. The Labute approximate surface area is 130 Å². The number of nitrogens with two attached hydrogens (primary N) is 1. The van der Waals surface area contributed by atoms with Crippen LogP contribution in [0.15, 0.2) is 22.7 Å². The van der Waals surface area contributed by atoms with Gasteiger partial charge in [-0.1, -0.05) is 26.8 Å². The molecule has 0 fully saturated rings. The summed E-state index contributed by atoms with van der Waals surface area (Å²) in [5, 5.41) is 10.2. The Morgan fingerprint density at radius 3 is 2.37 bits per heavy atom. The van der Waals surface area contributed by atoms with Crippen molar-refractivity contribution in [2.75, 3.05) is 7.11 Å². The first-order valence-electron chi connectivity index (χ1n) is 6.02. The highest BCUT2D eigenvalue weighted by molar-refractivity contribution is 9.10. The summed E-state index contributed by atoms with van der Waals surface area (Å²) in [5.41, 5.74) is 6.93. The Bertz CT molecular complexity index is 407. The molecule has 0 aliphatic rings. The molecule has 110 valence electrons. The topological polar surface area (TPSA) is 55.5 Å². The van der Waals surface area contributed by atoms with E-state index in [-0.39, 0.29) is 23.9 Å². The summed E-state index contributed by atoms with van der Waals surface area (Å²) in [6.45, 7) is 6.23. The van der Waals surface area contributed by atoms with Gasteiger partial charge in [0, 0.05) is 6.04 Å². The number of benzene rings is 1. The molecule has 3 N–H and O–H groups in total. The van der Waals surface area contributed by atoms with Crippen LogP contribution in [0.5, 0.6) is 5.75 Å². The molecule has 0 spiro atoms. The molecule has 0 heterocycles. The molecule has 19 heavy (non-hydrogen) atoms. The van der Waals surface area contributed by atoms with Crippen molar-refractivity contribution in [3.63, 3.8) is 0 Å². The number of rotatable bonds is 4. The molecule has 1 aromatic rings. The van der Waals surface area contributed by atoms with Crippen LogP contribution in [0, 0.1) is 5.41 Å². The predicted molar refractivity (Wildman–Crippen MR) is 84.9 cm³/mol. The molecule has 0 saturated heterocycles. The van der Waals surface area contributed by atoms with Crippen molar-refractivity contribution >= 4 is 28.3 Å². The van der Waals surface area contributed by atoms with Crippen molar-refractivity contribution in [1.29, 1.82) is 0 Å². The lowest BCUT2D eigenvalue weighted by atomic mass is 9.83. The number of ether oxygens (including phenoxy) is 1. The number of hydrogen-bond donors (Lipinski definition) is 2. The highest BCUT2D eigenvalue weighted by Crippen LogP contribution is 2.31. The number of halogens is 2. The highest BCUT2D eigenvalue weighted by atomic mass is 79.9. The van der Waals surface area contributed by atoms with Gasteiger partial charge in [-0.25, -0.2) is 0 Å². The van der Waals surface area contributed by atoms with E-state index < -0.39 is 6.10 Å². The van der Waals surface area contributed by atoms with Gasteiger partial charge in [0.1, 0.15) is 5.75 Å². The standard InChI is InChI=1S/C14H22BrNO2.ClH/c1-14(2,3)13(16)8-11(17)9-5-6-12(18-4)10(15)7-9;/h5-7,11,13,17H,8,16H2,1-4H3;1H/t11-,13-;/m1./s1. The molecular weight excluding hydrogens is 330 g/mol. The van der Waals surface area contributed by atoms with Gasteiger partial charge in [0.25, 0.3) is 0 Å². The van der Waals surface area contributed by atoms with Crippen molar-refractivity contribution in [3.8, 4) is 5.75 Å². The van der Waals surface area contributed by atoms with Gasteiger partial charge < -0.3 is 15.6 Å². The van der Waals surface area contributed by atoms with Gasteiger partial charge in [-0.05, 0) is 45.5 Å². The fourth-order valence-electron chi connectivity index (χ4n) is 1.62. The van der Waals surface area contributed by atoms with E-state index in [1.807, 2.05) is 18.2 Å². The third-order valence-electron chi connectivity index (χ3n) is 3.15. The number of aliphatic hydroxyl groups is 1. The SMILES string of the molecule is COc1ccc([C@H](O)C[C@@H](N)C(C)(C)C)cc1Br.Cl. The van der Waals surface area contributed by atoms with Crippen molar-refractivity contribution < 1.29 is 9.84 Å². The Morgan fingerprint density at radius 2 is 1.95 bits per heavy atom. The average Bonchev–Trinajstić information content (AvgIpc) is 2.27. The molecule has 0 amide bonds. The Morgan fingerprint density at radius 1 is 1.37 bits per heavy atom. The zero-order chi connectivity index (χ0) is 13.9. The molecule has 0 aliphatic carbocycles. The van der Waals surface area contributed by atoms with E-state index in [0.717, 1.165) is 15.8 Å². The fourth-order valence-corrected chi connectivity index (χ4v) is 2.18. The van der Waals surface area contributed by atoms with Gasteiger partial charge in [0.05, 0.1) is 17.7 Å². The Kier molecular flexibility index (Phi) is 7.37. The second-order valence-electron chi connectivity index (χ2n) is 5.62. The second-order valence-corrected chi connectivity index (χ2v) is 6.47. The summed E-state index contributed by atoms with van der Waals surface area (Å²) < 4.78 is 6.00. The van der Waals surface area contributed by atoms with Gasteiger partial charge >= 0.3 is 0 Å². The van der Waals surface area contributed by atoms with E-state index in [0.29, 0.717) is 6.42 Å². The first-order chi connectivity index (χ1) is 8.25. The monoisotopic (exact) mass is 351 g/mol. The van der Waals surface area contributed by atoms with Crippen LogP contribution in [0.25, 0.3) is 0 Å². The van der Waals surface area contributed by atoms with Crippen LogP contribution in [0.2, 0.25) is 0 Å². The molecule has 0 unspecified atom stereocenters. The van der Waals surface area contributed by atoms with Crippen molar-refractivity contribution in [2.45, 2.75) is 39.3 Å². The van der Waals surface area contributed by atoms with E-state index in [1.165, 1.54) is 0 Å². The third-order valence-corrected chi connectivity index (χ3v) is 3.77. The highest BCUT2D eigenvalue weighted by Gasteiger charge is 2.24. The van der Waals surface area contributed by atoms with Gasteiger partial charge in [0.2, 0.25) is 0 Å². The minimum Gasteiger partial charge on any atom is -0.496 e. The molecule has 1 aromatic carbocycles. The van der Waals surface area contributed by atoms with Crippen LogP contribution in [0.3, 0.4) is 0 Å². The lowest BCUT2D eigenvalue weighted by molar-refractivity contribution is 0.133. The molecule has 0 aromatic heterocycles. The van der Waals surface area contributed by atoms with Crippen LogP contribution in [0.1, 0.15) is 38.9 Å². The average molecular weight is 353 g/mol. The smallest absolute Gasteiger partial charge is 0.133 e. The van der Waals surface area contributed by atoms with E-state index in [1.54, 1.807) is 7.11 Å². The molecule has 0 aliphatic heterocycles. The van der Waals surface area contributed by atoms with Gasteiger partial charge in [0.15, 0.2) is 0 Å². The zero-order valence-electron chi connectivity index (χ0n) is 11.8.